The highest BCUT2D eigenvalue weighted by Crippen LogP contribution is 2.20. The van der Waals surface area contributed by atoms with Crippen molar-refractivity contribution in [2.75, 3.05) is 0 Å². The molecule has 0 aliphatic rings. The van der Waals surface area contributed by atoms with E-state index < -0.39 is 0 Å². The fourth-order valence-electron chi connectivity index (χ4n) is 2.86. The molecule has 0 fully saturated rings. The number of rotatable bonds is 7. The van der Waals surface area contributed by atoms with Crippen molar-refractivity contribution in [3.63, 3.8) is 0 Å². The summed E-state index contributed by atoms with van der Waals surface area (Å²) in [5.74, 6) is 1.56. The molecule has 4 aromatic rings. The summed E-state index contributed by atoms with van der Waals surface area (Å²) in [6.45, 7) is 2.17. The molecule has 0 amide bonds. The zero-order valence-electron chi connectivity index (χ0n) is 14.3. The summed E-state index contributed by atoms with van der Waals surface area (Å²) in [6.07, 6.45) is 1.59. The van der Waals surface area contributed by atoms with Gasteiger partial charge >= 0.3 is 0 Å². The van der Waals surface area contributed by atoms with Gasteiger partial charge in [-0.25, -0.2) is 0 Å². The Morgan fingerprint density at radius 1 is 0.692 bits per heavy atom. The Morgan fingerprint density at radius 3 is 1.92 bits per heavy atom. The van der Waals surface area contributed by atoms with Crippen molar-refractivity contribution in [1.82, 2.24) is 15.1 Å². The zero-order chi connectivity index (χ0) is 17.6. The number of nitrogens with zero attached hydrogens (tertiary/aromatic N) is 3. The second-order valence-electron chi connectivity index (χ2n) is 6.09. The van der Waals surface area contributed by atoms with Crippen LogP contribution in [0.15, 0.2) is 87.9 Å². The zero-order valence-corrected chi connectivity index (χ0v) is 14.3. The predicted octanol–water partition coefficient (Wildman–Crippen LogP) is 4.53. The average Bonchev–Trinajstić information content (AvgIpc) is 3.35. The van der Waals surface area contributed by atoms with Gasteiger partial charge in [-0.05, 0) is 23.3 Å². The van der Waals surface area contributed by atoms with Crippen LogP contribution < -0.4 is 0 Å². The average molecular weight is 345 g/mol. The number of benzene rings is 2. The lowest BCUT2D eigenvalue weighted by molar-refractivity contribution is 0.222. The van der Waals surface area contributed by atoms with Gasteiger partial charge in [0.15, 0.2) is 5.76 Å². The molecule has 0 atom stereocenters. The first-order chi connectivity index (χ1) is 12.9. The van der Waals surface area contributed by atoms with E-state index in [1.807, 2.05) is 18.2 Å². The summed E-state index contributed by atoms with van der Waals surface area (Å²) in [6, 6.07) is 24.4. The van der Waals surface area contributed by atoms with E-state index in [9.17, 15) is 0 Å². The van der Waals surface area contributed by atoms with Gasteiger partial charge in [-0.2, -0.15) is 0 Å². The first-order valence-corrected chi connectivity index (χ1v) is 8.53. The molecule has 26 heavy (non-hydrogen) atoms. The van der Waals surface area contributed by atoms with Crippen molar-refractivity contribution in [2.24, 2.45) is 0 Å². The maximum atomic E-state index is 5.78. The Hall–Kier alpha value is -3.18. The van der Waals surface area contributed by atoms with Gasteiger partial charge in [-0.3, -0.25) is 4.90 Å². The van der Waals surface area contributed by atoms with E-state index in [0.717, 1.165) is 13.1 Å². The number of aromatic nitrogens is 2. The van der Waals surface area contributed by atoms with E-state index in [4.69, 9.17) is 8.83 Å². The SMILES string of the molecule is c1ccc(CN(Cc2ccccc2)Cc2nnc(-c3ccco3)o2)cc1. The molecule has 0 unspecified atom stereocenters. The molecule has 2 aromatic carbocycles. The molecule has 5 heteroatoms. The molecule has 0 spiro atoms. The lowest BCUT2D eigenvalue weighted by Gasteiger charge is -2.20. The van der Waals surface area contributed by atoms with Crippen LogP contribution in [0.25, 0.3) is 11.7 Å². The lowest BCUT2D eigenvalue weighted by Crippen LogP contribution is -2.22. The summed E-state index contributed by atoms with van der Waals surface area (Å²) in [5.41, 5.74) is 2.49. The molecule has 4 rings (SSSR count). The molecule has 0 N–H and O–H groups in total. The standard InChI is InChI=1S/C21H19N3O2/c1-3-8-17(9-4-1)14-24(15-18-10-5-2-6-11-18)16-20-22-23-21(26-20)19-12-7-13-25-19/h1-13H,14-16H2. The van der Waals surface area contributed by atoms with E-state index >= 15 is 0 Å². The largest absolute Gasteiger partial charge is 0.459 e. The Balaban J connectivity index is 1.52. The van der Waals surface area contributed by atoms with Crippen LogP contribution >= 0.6 is 0 Å². The topological polar surface area (TPSA) is 55.3 Å². The van der Waals surface area contributed by atoms with Crippen molar-refractivity contribution in [3.8, 4) is 11.7 Å². The Labute approximate surface area is 151 Å². The Kier molecular flexibility index (Phi) is 4.89. The maximum absolute atomic E-state index is 5.78. The third kappa shape index (κ3) is 4.07. The summed E-state index contributed by atoms with van der Waals surface area (Å²) in [4.78, 5) is 2.28. The monoisotopic (exact) mass is 345 g/mol. The van der Waals surface area contributed by atoms with Gasteiger partial charge in [0, 0.05) is 13.1 Å². The van der Waals surface area contributed by atoms with E-state index in [1.165, 1.54) is 11.1 Å². The fraction of sp³-hybridized carbons (Fsp3) is 0.143. The van der Waals surface area contributed by atoms with Crippen LogP contribution in [-0.2, 0) is 19.6 Å². The first kappa shape index (κ1) is 16.3. The minimum Gasteiger partial charge on any atom is -0.459 e. The third-order valence-electron chi connectivity index (χ3n) is 4.06. The molecule has 0 saturated heterocycles. The van der Waals surface area contributed by atoms with Gasteiger partial charge in [-0.1, -0.05) is 60.7 Å². The molecule has 5 nitrogen and oxygen atoms in total. The van der Waals surface area contributed by atoms with Gasteiger partial charge in [0.05, 0.1) is 12.8 Å². The van der Waals surface area contributed by atoms with E-state index in [1.54, 1.807) is 12.3 Å². The molecular formula is C21H19N3O2. The van der Waals surface area contributed by atoms with Crippen LogP contribution in [0.2, 0.25) is 0 Å². The molecule has 0 aliphatic carbocycles. The smallest absolute Gasteiger partial charge is 0.283 e. The van der Waals surface area contributed by atoms with Gasteiger partial charge in [0.25, 0.3) is 5.89 Å². The van der Waals surface area contributed by atoms with E-state index in [0.29, 0.717) is 24.1 Å². The second-order valence-corrected chi connectivity index (χ2v) is 6.09. The van der Waals surface area contributed by atoms with Crippen LogP contribution in [0, 0.1) is 0 Å². The van der Waals surface area contributed by atoms with Crippen LogP contribution in [0.3, 0.4) is 0 Å². The van der Waals surface area contributed by atoms with Gasteiger partial charge in [0.1, 0.15) is 0 Å². The predicted molar refractivity (Wildman–Crippen MR) is 97.8 cm³/mol. The summed E-state index contributed by atoms with van der Waals surface area (Å²) >= 11 is 0. The highest BCUT2D eigenvalue weighted by Gasteiger charge is 2.15. The second kappa shape index (κ2) is 7.80. The van der Waals surface area contributed by atoms with Gasteiger partial charge in [0.2, 0.25) is 5.89 Å². The first-order valence-electron chi connectivity index (χ1n) is 8.53. The van der Waals surface area contributed by atoms with Crippen molar-refractivity contribution in [3.05, 3.63) is 96.1 Å². The summed E-state index contributed by atoms with van der Waals surface area (Å²) in [5, 5.41) is 8.27. The minimum absolute atomic E-state index is 0.407. The fourth-order valence-corrected chi connectivity index (χ4v) is 2.86. The van der Waals surface area contributed by atoms with Crippen LogP contribution in [0.4, 0.5) is 0 Å². The molecule has 0 bridgehead atoms. The van der Waals surface area contributed by atoms with Crippen LogP contribution in [-0.4, -0.2) is 15.1 Å². The molecule has 2 aromatic heterocycles. The molecule has 0 aliphatic heterocycles. The molecule has 130 valence electrons. The number of furan rings is 1. The van der Waals surface area contributed by atoms with Gasteiger partial charge in [-0.15, -0.1) is 10.2 Å². The van der Waals surface area contributed by atoms with Crippen molar-refractivity contribution >= 4 is 0 Å². The Morgan fingerprint density at radius 2 is 1.35 bits per heavy atom. The number of hydrogen-bond donors (Lipinski definition) is 0. The van der Waals surface area contributed by atoms with Crippen molar-refractivity contribution < 1.29 is 8.83 Å². The molecule has 2 heterocycles. The minimum atomic E-state index is 0.407. The van der Waals surface area contributed by atoms with Crippen molar-refractivity contribution in [1.29, 1.82) is 0 Å². The normalized spacial score (nSPS) is 11.1. The quantitative estimate of drug-likeness (QED) is 0.492. The van der Waals surface area contributed by atoms with Gasteiger partial charge < -0.3 is 8.83 Å². The van der Waals surface area contributed by atoms with Crippen molar-refractivity contribution in [2.45, 2.75) is 19.6 Å². The Bertz CT molecular complexity index is 877. The highest BCUT2D eigenvalue weighted by atomic mass is 16.4. The summed E-state index contributed by atoms with van der Waals surface area (Å²) < 4.78 is 11.1. The molecular weight excluding hydrogens is 326 g/mol. The van der Waals surface area contributed by atoms with E-state index in [2.05, 4.69) is 63.6 Å². The maximum Gasteiger partial charge on any atom is 0.283 e. The lowest BCUT2D eigenvalue weighted by atomic mass is 10.1. The molecule has 0 radical (unpaired) electrons. The molecule has 0 saturated carbocycles. The summed E-state index contributed by atoms with van der Waals surface area (Å²) in [7, 11) is 0. The van der Waals surface area contributed by atoms with E-state index in [-0.39, 0.29) is 0 Å². The number of hydrogen-bond acceptors (Lipinski definition) is 5. The third-order valence-corrected chi connectivity index (χ3v) is 4.06. The van der Waals surface area contributed by atoms with Crippen LogP contribution in [0.1, 0.15) is 17.0 Å². The van der Waals surface area contributed by atoms with Crippen LogP contribution in [0.5, 0.6) is 0 Å². The highest BCUT2D eigenvalue weighted by molar-refractivity contribution is 5.42.